The van der Waals surface area contributed by atoms with Gasteiger partial charge < -0.3 is 9.84 Å². The van der Waals surface area contributed by atoms with Gasteiger partial charge in [0.1, 0.15) is 0 Å². The van der Waals surface area contributed by atoms with Crippen LogP contribution >= 0.6 is 0 Å². The Bertz CT molecular complexity index is 401. The molecular weight excluding hydrogens is 204 g/mol. The number of ether oxygens (including phenoxy) is 1. The lowest BCUT2D eigenvalue weighted by atomic mass is 10.1. The Labute approximate surface area is 95.4 Å². The lowest BCUT2D eigenvalue weighted by Crippen LogP contribution is -2.11. The van der Waals surface area contributed by atoms with Crippen molar-refractivity contribution in [1.82, 2.24) is 0 Å². The molecule has 0 amide bonds. The molecule has 0 aliphatic carbocycles. The molecule has 0 aromatic heterocycles. The molecule has 1 unspecified atom stereocenters. The topological polar surface area (TPSA) is 46.5 Å². The average Bonchev–Trinajstić information content (AvgIpc) is 2.15. The van der Waals surface area contributed by atoms with E-state index < -0.39 is 12.3 Å². The van der Waals surface area contributed by atoms with Crippen LogP contribution in [0.5, 0.6) is 0 Å². The number of aliphatic hydroxyl groups is 1. The Balaban J connectivity index is 2.84. The van der Waals surface area contributed by atoms with Crippen molar-refractivity contribution in [2.75, 3.05) is 0 Å². The Morgan fingerprint density at radius 3 is 2.25 bits per heavy atom. The first-order valence-corrected chi connectivity index (χ1v) is 5.03. The number of benzene rings is 1. The van der Waals surface area contributed by atoms with Crippen LogP contribution in [0.1, 0.15) is 29.9 Å². The smallest absolute Gasteiger partial charge is 0.335 e. The van der Waals surface area contributed by atoms with Crippen molar-refractivity contribution >= 4 is 5.97 Å². The number of hydrogen-bond donors (Lipinski definition) is 1. The van der Waals surface area contributed by atoms with E-state index in [0.717, 1.165) is 11.1 Å². The molecule has 0 aliphatic heterocycles. The van der Waals surface area contributed by atoms with Crippen LogP contribution in [-0.4, -0.2) is 11.1 Å². The highest BCUT2D eigenvalue weighted by molar-refractivity contribution is 5.87. The molecule has 0 saturated heterocycles. The third kappa shape index (κ3) is 3.21. The number of carbonyl (C=O) groups excluding carboxylic acids is 1. The molecule has 1 N–H and O–H groups in total. The second kappa shape index (κ2) is 4.94. The highest BCUT2D eigenvalue weighted by Gasteiger charge is 2.14. The maximum Gasteiger partial charge on any atom is 0.335 e. The van der Waals surface area contributed by atoms with Gasteiger partial charge in [0, 0.05) is 11.1 Å². The van der Waals surface area contributed by atoms with Crippen LogP contribution < -0.4 is 0 Å². The van der Waals surface area contributed by atoms with Gasteiger partial charge in [-0.05, 0) is 32.9 Å². The molecule has 0 radical (unpaired) electrons. The molecule has 3 heteroatoms. The van der Waals surface area contributed by atoms with Gasteiger partial charge in [-0.25, -0.2) is 4.79 Å². The predicted octanol–water partition coefficient (Wildman–Crippen LogP) is 2.41. The van der Waals surface area contributed by atoms with Crippen molar-refractivity contribution in [1.29, 1.82) is 0 Å². The second-order valence-corrected chi connectivity index (χ2v) is 3.96. The van der Waals surface area contributed by atoms with Crippen LogP contribution in [-0.2, 0) is 9.53 Å². The molecule has 3 nitrogen and oxygen atoms in total. The standard InChI is InChI=1S/C13H16O3/c1-8(2)12(14)16-13(15)11-6-9(3)5-10(4)7-11/h5-7,13,15H,1H2,2-4H3. The zero-order chi connectivity index (χ0) is 12.3. The summed E-state index contributed by atoms with van der Waals surface area (Å²) < 4.78 is 4.82. The summed E-state index contributed by atoms with van der Waals surface area (Å²) in [6, 6.07) is 5.55. The first-order valence-electron chi connectivity index (χ1n) is 5.03. The minimum absolute atomic E-state index is 0.267. The molecule has 1 atom stereocenters. The second-order valence-electron chi connectivity index (χ2n) is 3.96. The Hall–Kier alpha value is -1.61. The summed E-state index contributed by atoms with van der Waals surface area (Å²) in [5.41, 5.74) is 2.87. The highest BCUT2D eigenvalue weighted by Crippen LogP contribution is 2.18. The third-order valence-corrected chi connectivity index (χ3v) is 2.10. The van der Waals surface area contributed by atoms with Crippen LogP contribution in [0.3, 0.4) is 0 Å². The monoisotopic (exact) mass is 220 g/mol. The summed E-state index contributed by atoms with van der Waals surface area (Å²) in [6.45, 7) is 8.83. The first kappa shape index (κ1) is 12.5. The fourth-order valence-corrected chi connectivity index (χ4v) is 1.42. The van der Waals surface area contributed by atoms with Crippen molar-refractivity contribution in [2.24, 2.45) is 0 Å². The van der Waals surface area contributed by atoms with Gasteiger partial charge in [0.2, 0.25) is 6.29 Å². The van der Waals surface area contributed by atoms with E-state index in [1.807, 2.05) is 19.9 Å². The summed E-state index contributed by atoms with van der Waals surface area (Å²) in [6.07, 6.45) is -1.23. The Morgan fingerprint density at radius 1 is 1.31 bits per heavy atom. The zero-order valence-electron chi connectivity index (χ0n) is 9.78. The molecule has 86 valence electrons. The molecule has 1 rings (SSSR count). The summed E-state index contributed by atoms with van der Waals surface area (Å²) >= 11 is 0. The van der Waals surface area contributed by atoms with Gasteiger partial charge in [0.25, 0.3) is 0 Å². The van der Waals surface area contributed by atoms with E-state index in [1.54, 1.807) is 12.1 Å². The number of aryl methyl sites for hydroxylation is 2. The van der Waals surface area contributed by atoms with Crippen molar-refractivity contribution in [3.8, 4) is 0 Å². The maximum atomic E-state index is 11.2. The van der Waals surface area contributed by atoms with Gasteiger partial charge in [0.05, 0.1) is 0 Å². The molecule has 0 saturated carbocycles. The van der Waals surface area contributed by atoms with E-state index in [-0.39, 0.29) is 5.57 Å². The maximum absolute atomic E-state index is 11.2. The normalized spacial score (nSPS) is 12.0. The molecule has 1 aromatic carbocycles. The number of carbonyl (C=O) groups is 1. The van der Waals surface area contributed by atoms with Crippen LogP contribution in [0.25, 0.3) is 0 Å². The van der Waals surface area contributed by atoms with Gasteiger partial charge in [-0.1, -0.05) is 23.8 Å². The Kier molecular flexibility index (Phi) is 3.85. The van der Waals surface area contributed by atoms with Crippen molar-refractivity contribution in [2.45, 2.75) is 27.1 Å². The molecule has 1 aromatic rings. The Morgan fingerprint density at radius 2 is 1.81 bits per heavy atom. The zero-order valence-corrected chi connectivity index (χ0v) is 9.78. The average molecular weight is 220 g/mol. The molecule has 0 aliphatic rings. The van der Waals surface area contributed by atoms with E-state index in [4.69, 9.17) is 4.74 Å². The largest absolute Gasteiger partial charge is 0.428 e. The lowest BCUT2D eigenvalue weighted by molar-refractivity contribution is -0.164. The molecule has 16 heavy (non-hydrogen) atoms. The van der Waals surface area contributed by atoms with E-state index in [1.165, 1.54) is 6.92 Å². The van der Waals surface area contributed by atoms with Gasteiger partial charge >= 0.3 is 5.97 Å². The van der Waals surface area contributed by atoms with Gasteiger partial charge in [-0.2, -0.15) is 0 Å². The first-order chi connectivity index (χ1) is 7.40. The fraction of sp³-hybridized carbons (Fsp3) is 0.308. The molecule has 0 bridgehead atoms. The minimum Gasteiger partial charge on any atom is -0.428 e. The van der Waals surface area contributed by atoms with Crippen LogP contribution in [0, 0.1) is 13.8 Å². The van der Waals surface area contributed by atoms with E-state index in [0.29, 0.717) is 5.56 Å². The highest BCUT2D eigenvalue weighted by atomic mass is 16.6. The third-order valence-electron chi connectivity index (χ3n) is 2.10. The van der Waals surface area contributed by atoms with E-state index >= 15 is 0 Å². The van der Waals surface area contributed by atoms with Crippen molar-refractivity contribution in [3.63, 3.8) is 0 Å². The molecule has 0 fully saturated rings. The van der Waals surface area contributed by atoms with E-state index in [9.17, 15) is 9.90 Å². The van der Waals surface area contributed by atoms with Crippen molar-refractivity contribution < 1.29 is 14.6 Å². The summed E-state index contributed by atoms with van der Waals surface area (Å²) in [7, 11) is 0. The minimum atomic E-state index is -1.23. The summed E-state index contributed by atoms with van der Waals surface area (Å²) in [5, 5.41) is 9.70. The number of rotatable bonds is 3. The number of esters is 1. The summed E-state index contributed by atoms with van der Waals surface area (Å²) in [5.74, 6) is -0.591. The van der Waals surface area contributed by atoms with E-state index in [2.05, 4.69) is 6.58 Å². The molecule has 0 spiro atoms. The quantitative estimate of drug-likeness (QED) is 0.483. The van der Waals surface area contributed by atoms with Crippen molar-refractivity contribution in [3.05, 3.63) is 47.0 Å². The fourth-order valence-electron chi connectivity index (χ4n) is 1.42. The molecule has 0 heterocycles. The summed E-state index contributed by atoms with van der Waals surface area (Å²) in [4.78, 5) is 11.2. The van der Waals surface area contributed by atoms with Crippen LogP contribution in [0.15, 0.2) is 30.4 Å². The van der Waals surface area contributed by atoms with Gasteiger partial charge in [0.15, 0.2) is 0 Å². The number of aliphatic hydroxyl groups excluding tert-OH is 1. The predicted molar refractivity (Wildman–Crippen MR) is 61.8 cm³/mol. The van der Waals surface area contributed by atoms with Crippen LogP contribution in [0.4, 0.5) is 0 Å². The number of hydrogen-bond acceptors (Lipinski definition) is 3. The molecular formula is C13H16O3. The van der Waals surface area contributed by atoms with Crippen LogP contribution in [0.2, 0.25) is 0 Å². The van der Waals surface area contributed by atoms with Gasteiger partial charge in [-0.15, -0.1) is 0 Å². The SMILES string of the molecule is C=C(C)C(=O)OC(O)c1cc(C)cc(C)c1. The lowest BCUT2D eigenvalue weighted by Gasteiger charge is -2.13. The van der Waals surface area contributed by atoms with Gasteiger partial charge in [-0.3, -0.25) is 0 Å².